The Morgan fingerprint density at radius 3 is 2.68 bits per heavy atom. The summed E-state index contributed by atoms with van der Waals surface area (Å²) in [5.74, 6) is -1.14. The molecule has 2 heterocycles. The van der Waals surface area contributed by atoms with E-state index in [1.165, 1.54) is 0 Å². The molecule has 2 aromatic heterocycles. The summed E-state index contributed by atoms with van der Waals surface area (Å²) >= 11 is 0. The normalized spacial score (nSPS) is 16.0. The average Bonchev–Trinajstić information content (AvgIpc) is 3.09. The van der Waals surface area contributed by atoms with Crippen LogP contribution >= 0.6 is 0 Å². The number of pyridine rings is 1. The van der Waals surface area contributed by atoms with Gasteiger partial charge in [-0.2, -0.15) is 13.2 Å². The first-order chi connectivity index (χ1) is 8.88. The number of ketones is 1. The largest absolute Gasteiger partial charge is 0.456 e. The molecule has 3 rings (SSSR count). The van der Waals surface area contributed by atoms with Crippen molar-refractivity contribution in [3.05, 3.63) is 35.4 Å². The number of carbonyl (C=O) groups is 1. The number of Topliss-reactive ketones (excluding diaryl/α,β-unsaturated/α-hetero) is 1. The number of fused-ring (bicyclic) bond motifs is 1. The van der Waals surface area contributed by atoms with E-state index in [0.29, 0.717) is 5.82 Å². The monoisotopic (exact) mass is 268 g/mol. The molecule has 100 valence electrons. The summed E-state index contributed by atoms with van der Waals surface area (Å²) < 4.78 is 39.4. The first-order valence-corrected chi connectivity index (χ1v) is 5.98. The number of alkyl halides is 3. The zero-order valence-electron chi connectivity index (χ0n) is 10.2. The number of aromatic nitrogens is 2. The first kappa shape index (κ1) is 12.2. The van der Waals surface area contributed by atoms with E-state index in [0.717, 1.165) is 18.4 Å². The zero-order chi connectivity index (χ0) is 13.8. The molecule has 0 saturated heterocycles. The maximum atomic E-state index is 12.6. The SMILES string of the molecule is Cc1ccn2c(C3CC3)nc(C(=O)C(F)(F)F)c2c1. The molecule has 0 unspecified atom stereocenters. The van der Waals surface area contributed by atoms with E-state index in [1.807, 2.05) is 0 Å². The molecule has 1 fully saturated rings. The molecule has 19 heavy (non-hydrogen) atoms. The van der Waals surface area contributed by atoms with Gasteiger partial charge in [0.15, 0.2) is 0 Å². The van der Waals surface area contributed by atoms with E-state index < -0.39 is 17.7 Å². The number of nitrogens with zero attached hydrogens (tertiary/aromatic N) is 2. The van der Waals surface area contributed by atoms with Crippen molar-refractivity contribution in [2.45, 2.75) is 31.9 Å². The van der Waals surface area contributed by atoms with Gasteiger partial charge >= 0.3 is 6.18 Å². The highest BCUT2D eigenvalue weighted by atomic mass is 19.4. The van der Waals surface area contributed by atoms with Crippen molar-refractivity contribution in [3.63, 3.8) is 0 Å². The molecule has 0 aliphatic heterocycles. The lowest BCUT2D eigenvalue weighted by Gasteiger charge is -2.03. The van der Waals surface area contributed by atoms with E-state index in [1.54, 1.807) is 29.7 Å². The molecule has 0 amide bonds. The third kappa shape index (κ3) is 2.01. The summed E-state index contributed by atoms with van der Waals surface area (Å²) in [6.45, 7) is 1.77. The van der Waals surface area contributed by atoms with Crippen molar-refractivity contribution in [3.8, 4) is 0 Å². The van der Waals surface area contributed by atoms with Crippen LogP contribution in [-0.4, -0.2) is 21.3 Å². The van der Waals surface area contributed by atoms with Gasteiger partial charge in [-0.05, 0) is 37.5 Å². The van der Waals surface area contributed by atoms with Gasteiger partial charge in [0, 0.05) is 12.1 Å². The minimum Gasteiger partial charge on any atom is -0.303 e. The Morgan fingerprint density at radius 1 is 1.42 bits per heavy atom. The number of imidazole rings is 1. The second-order valence-corrected chi connectivity index (χ2v) is 4.88. The second kappa shape index (κ2) is 3.82. The van der Waals surface area contributed by atoms with Gasteiger partial charge < -0.3 is 4.40 Å². The van der Waals surface area contributed by atoms with Crippen molar-refractivity contribution in [2.75, 3.05) is 0 Å². The Labute approximate surface area is 107 Å². The molecule has 1 aliphatic rings. The van der Waals surface area contributed by atoms with Crippen LogP contribution in [0.15, 0.2) is 18.3 Å². The van der Waals surface area contributed by atoms with E-state index in [-0.39, 0.29) is 11.4 Å². The Morgan fingerprint density at radius 2 is 2.11 bits per heavy atom. The molecule has 0 aromatic carbocycles. The van der Waals surface area contributed by atoms with Crippen LogP contribution in [0.3, 0.4) is 0 Å². The number of halogens is 3. The smallest absolute Gasteiger partial charge is 0.303 e. The van der Waals surface area contributed by atoms with Gasteiger partial charge in [0.05, 0.1) is 5.52 Å². The lowest BCUT2D eigenvalue weighted by Crippen LogP contribution is -2.23. The van der Waals surface area contributed by atoms with E-state index in [2.05, 4.69) is 4.98 Å². The molecule has 3 nitrogen and oxygen atoms in total. The van der Waals surface area contributed by atoms with Crippen molar-refractivity contribution < 1.29 is 18.0 Å². The molecule has 0 spiro atoms. The van der Waals surface area contributed by atoms with Crippen molar-refractivity contribution in [1.29, 1.82) is 0 Å². The Hall–Kier alpha value is -1.85. The van der Waals surface area contributed by atoms with E-state index in [9.17, 15) is 18.0 Å². The topological polar surface area (TPSA) is 34.4 Å². The number of rotatable bonds is 2. The summed E-state index contributed by atoms with van der Waals surface area (Å²) in [5, 5.41) is 0. The Balaban J connectivity index is 2.23. The van der Waals surface area contributed by atoms with Crippen LogP contribution in [0.2, 0.25) is 0 Å². The van der Waals surface area contributed by atoms with Gasteiger partial charge in [0.2, 0.25) is 0 Å². The van der Waals surface area contributed by atoms with Crippen LogP contribution in [0, 0.1) is 6.92 Å². The number of hydrogen-bond acceptors (Lipinski definition) is 2. The summed E-state index contributed by atoms with van der Waals surface area (Å²) in [7, 11) is 0. The van der Waals surface area contributed by atoms with Crippen LogP contribution < -0.4 is 0 Å². The van der Waals surface area contributed by atoms with Crippen molar-refractivity contribution in [2.24, 2.45) is 0 Å². The minimum absolute atomic E-state index is 0.171. The van der Waals surface area contributed by atoms with Crippen LogP contribution in [0.5, 0.6) is 0 Å². The molecule has 1 aliphatic carbocycles. The van der Waals surface area contributed by atoms with Crippen LogP contribution in [-0.2, 0) is 0 Å². The predicted octanol–water partition coefficient (Wildman–Crippen LogP) is 3.27. The van der Waals surface area contributed by atoms with Gasteiger partial charge in [-0.1, -0.05) is 0 Å². The van der Waals surface area contributed by atoms with Crippen LogP contribution in [0.25, 0.3) is 5.52 Å². The maximum absolute atomic E-state index is 12.6. The fraction of sp³-hybridized carbons (Fsp3) is 0.385. The van der Waals surface area contributed by atoms with Crippen LogP contribution in [0.1, 0.15) is 40.6 Å². The molecular weight excluding hydrogens is 257 g/mol. The highest BCUT2D eigenvalue weighted by Crippen LogP contribution is 2.40. The van der Waals surface area contributed by atoms with Crippen molar-refractivity contribution >= 4 is 11.3 Å². The highest BCUT2D eigenvalue weighted by Gasteiger charge is 2.43. The number of hydrogen-bond donors (Lipinski definition) is 0. The highest BCUT2D eigenvalue weighted by molar-refractivity contribution is 6.04. The molecule has 0 N–H and O–H groups in total. The fourth-order valence-electron chi connectivity index (χ4n) is 2.14. The third-order valence-electron chi connectivity index (χ3n) is 3.24. The molecule has 1 saturated carbocycles. The van der Waals surface area contributed by atoms with E-state index in [4.69, 9.17) is 0 Å². The third-order valence-corrected chi connectivity index (χ3v) is 3.24. The van der Waals surface area contributed by atoms with Crippen molar-refractivity contribution in [1.82, 2.24) is 9.38 Å². The summed E-state index contributed by atoms with van der Waals surface area (Å²) in [4.78, 5) is 15.4. The lowest BCUT2D eigenvalue weighted by molar-refractivity contribution is -0.0887. The molecule has 0 atom stereocenters. The fourth-order valence-corrected chi connectivity index (χ4v) is 2.14. The Kier molecular flexibility index (Phi) is 2.45. The number of aryl methyl sites for hydroxylation is 1. The predicted molar refractivity (Wildman–Crippen MR) is 62.3 cm³/mol. The van der Waals surface area contributed by atoms with E-state index >= 15 is 0 Å². The Bertz CT molecular complexity index is 668. The van der Waals surface area contributed by atoms with Gasteiger partial charge in [0.25, 0.3) is 5.78 Å². The summed E-state index contributed by atoms with van der Waals surface area (Å²) in [6, 6.07) is 3.36. The number of carbonyl (C=O) groups excluding carboxylic acids is 1. The molecule has 0 bridgehead atoms. The summed E-state index contributed by atoms with van der Waals surface area (Å²) in [5.41, 5.74) is 0.549. The van der Waals surface area contributed by atoms with Gasteiger partial charge in [-0.25, -0.2) is 4.98 Å². The minimum atomic E-state index is -4.89. The van der Waals surface area contributed by atoms with Gasteiger partial charge in [-0.15, -0.1) is 0 Å². The van der Waals surface area contributed by atoms with Crippen LogP contribution in [0.4, 0.5) is 13.2 Å². The molecular formula is C13H11F3N2O. The standard InChI is InChI=1S/C13H11F3N2O/c1-7-4-5-18-9(6-7)10(11(19)13(14,15)16)17-12(18)8-2-3-8/h4-6,8H,2-3H2,1H3. The molecule has 0 radical (unpaired) electrons. The second-order valence-electron chi connectivity index (χ2n) is 4.88. The molecule has 6 heteroatoms. The first-order valence-electron chi connectivity index (χ1n) is 5.98. The van der Waals surface area contributed by atoms with Gasteiger partial charge in [-0.3, -0.25) is 4.79 Å². The van der Waals surface area contributed by atoms with Gasteiger partial charge in [0.1, 0.15) is 11.5 Å². The summed E-state index contributed by atoms with van der Waals surface area (Å²) in [6.07, 6.45) is -1.39. The quantitative estimate of drug-likeness (QED) is 0.783. The average molecular weight is 268 g/mol. The maximum Gasteiger partial charge on any atom is 0.456 e. The zero-order valence-corrected chi connectivity index (χ0v) is 10.2. The lowest BCUT2D eigenvalue weighted by atomic mass is 10.2. The molecule has 2 aromatic rings.